The van der Waals surface area contributed by atoms with Gasteiger partial charge in [0.1, 0.15) is 0 Å². The molecule has 5 heteroatoms. The summed E-state index contributed by atoms with van der Waals surface area (Å²) in [4.78, 5) is 4.37. The van der Waals surface area contributed by atoms with Gasteiger partial charge in [0.2, 0.25) is 0 Å². The molecule has 0 aliphatic carbocycles. The van der Waals surface area contributed by atoms with E-state index in [2.05, 4.69) is 10.3 Å². The Hall–Kier alpha value is -1.33. The van der Waals surface area contributed by atoms with Crippen LogP contribution in [0.5, 0.6) is 0 Å². The van der Waals surface area contributed by atoms with E-state index in [4.69, 9.17) is 0 Å². The Labute approximate surface area is 115 Å². The highest BCUT2D eigenvalue weighted by Gasteiger charge is 2.19. The summed E-state index contributed by atoms with van der Waals surface area (Å²) in [5, 5.41) is 6.07. The first kappa shape index (κ1) is 14.1. The first-order chi connectivity index (χ1) is 9.11. The van der Waals surface area contributed by atoms with Gasteiger partial charge in [-0.25, -0.2) is 13.8 Å². The van der Waals surface area contributed by atoms with Gasteiger partial charge in [0.05, 0.1) is 5.01 Å². The third-order valence-electron chi connectivity index (χ3n) is 2.85. The van der Waals surface area contributed by atoms with Gasteiger partial charge in [0, 0.05) is 29.1 Å². The molecule has 19 heavy (non-hydrogen) atoms. The van der Waals surface area contributed by atoms with Crippen LogP contribution in [-0.2, 0) is 6.42 Å². The fourth-order valence-electron chi connectivity index (χ4n) is 2.00. The number of hydrogen-bond donors (Lipinski definition) is 1. The maximum atomic E-state index is 13.9. The molecule has 1 atom stereocenters. The predicted molar refractivity (Wildman–Crippen MR) is 73.3 cm³/mol. The third-order valence-corrected chi connectivity index (χ3v) is 3.84. The summed E-state index contributed by atoms with van der Waals surface area (Å²) in [6, 6.07) is 4.03. The van der Waals surface area contributed by atoms with Crippen LogP contribution in [0.15, 0.2) is 23.6 Å². The van der Waals surface area contributed by atoms with Crippen LogP contribution in [0.2, 0.25) is 0 Å². The molecule has 0 bridgehead atoms. The minimum Gasteiger partial charge on any atom is -0.310 e. The molecular formula is C14H16F2N2S. The van der Waals surface area contributed by atoms with Crippen molar-refractivity contribution in [3.8, 4) is 0 Å². The monoisotopic (exact) mass is 282 g/mol. The summed E-state index contributed by atoms with van der Waals surface area (Å²) in [5.74, 6) is -1.59. The second-order valence-electron chi connectivity index (χ2n) is 4.34. The lowest BCUT2D eigenvalue weighted by Crippen LogP contribution is -2.24. The molecule has 2 nitrogen and oxygen atoms in total. The summed E-state index contributed by atoms with van der Waals surface area (Å²) in [6.07, 6.45) is 0.562. The normalized spacial score (nSPS) is 12.6. The number of aromatic nitrogens is 1. The number of nitrogens with one attached hydrogen (secondary N) is 1. The zero-order valence-corrected chi connectivity index (χ0v) is 11.7. The first-order valence-electron chi connectivity index (χ1n) is 6.20. The smallest absolute Gasteiger partial charge is 0.163 e. The summed E-state index contributed by atoms with van der Waals surface area (Å²) >= 11 is 1.54. The van der Waals surface area contributed by atoms with Crippen LogP contribution in [0, 0.1) is 18.6 Å². The van der Waals surface area contributed by atoms with Gasteiger partial charge in [-0.3, -0.25) is 0 Å². The highest BCUT2D eigenvalue weighted by molar-refractivity contribution is 7.09. The Morgan fingerprint density at radius 2 is 2.16 bits per heavy atom. The molecule has 0 saturated carbocycles. The second-order valence-corrected chi connectivity index (χ2v) is 5.28. The number of hydrogen-bond acceptors (Lipinski definition) is 3. The maximum absolute atomic E-state index is 13.9. The molecule has 0 aliphatic heterocycles. The van der Waals surface area contributed by atoms with Crippen LogP contribution < -0.4 is 5.32 Å². The van der Waals surface area contributed by atoms with Gasteiger partial charge in [-0.05, 0) is 19.5 Å². The number of rotatable bonds is 5. The quantitative estimate of drug-likeness (QED) is 0.906. The highest BCUT2D eigenvalue weighted by atomic mass is 32.1. The van der Waals surface area contributed by atoms with Gasteiger partial charge >= 0.3 is 0 Å². The Morgan fingerprint density at radius 3 is 2.79 bits per heavy atom. The molecule has 2 rings (SSSR count). The van der Waals surface area contributed by atoms with E-state index in [1.807, 2.05) is 19.2 Å². The summed E-state index contributed by atoms with van der Waals surface area (Å²) < 4.78 is 27.2. The van der Waals surface area contributed by atoms with E-state index in [0.29, 0.717) is 18.5 Å². The van der Waals surface area contributed by atoms with Crippen molar-refractivity contribution < 1.29 is 8.78 Å². The number of benzene rings is 1. The van der Waals surface area contributed by atoms with Gasteiger partial charge in [-0.15, -0.1) is 11.3 Å². The van der Waals surface area contributed by atoms with Crippen molar-refractivity contribution in [2.75, 3.05) is 6.54 Å². The largest absolute Gasteiger partial charge is 0.310 e. The fraction of sp³-hybridized carbons (Fsp3) is 0.357. The zero-order chi connectivity index (χ0) is 13.8. The molecule has 1 aromatic heterocycles. The molecule has 1 N–H and O–H groups in total. The van der Waals surface area contributed by atoms with Gasteiger partial charge in [0.25, 0.3) is 0 Å². The van der Waals surface area contributed by atoms with E-state index in [-0.39, 0.29) is 6.04 Å². The summed E-state index contributed by atoms with van der Waals surface area (Å²) in [6.45, 7) is 4.55. The average molecular weight is 282 g/mol. The average Bonchev–Trinajstić information content (AvgIpc) is 2.78. The van der Waals surface area contributed by atoms with E-state index in [9.17, 15) is 8.78 Å². The molecular weight excluding hydrogens is 266 g/mol. The van der Waals surface area contributed by atoms with E-state index < -0.39 is 11.6 Å². The SMILES string of the molecule is CCNC(Cc1nc(C)cs1)c1cccc(F)c1F. The Bertz CT molecular complexity index is 554. The predicted octanol–water partition coefficient (Wildman–Crippen LogP) is 3.62. The van der Waals surface area contributed by atoms with Crippen molar-refractivity contribution in [3.05, 3.63) is 51.5 Å². The second kappa shape index (κ2) is 6.21. The molecule has 0 saturated heterocycles. The van der Waals surface area contributed by atoms with Crippen molar-refractivity contribution >= 4 is 11.3 Å². The highest BCUT2D eigenvalue weighted by Crippen LogP contribution is 2.24. The van der Waals surface area contributed by atoms with Crippen molar-refractivity contribution in [3.63, 3.8) is 0 Å². The van der Waals surface area contributed by atoms with Crippen molar-refractivity contribution in [2.45, 2.75) is 26.3 Å². The Morgan fingerprint density at radius 1 is 1.37 bits per heavy atom. The van der Waals surface area contributed by atoms with E-state index in [1.54, 1.807) is 17.4 Å². The fourth-order valence-corrected chi connectivity index (χ4v) is 2.82. The molecule has 1 unspecified atom stereocenters. The minimum absolute atomic E-state index is 0.258. The first-order valence-corrected chi connectivity index (χ1v) is 7.08. The van der Waals surface area contributed by atoms with Crippen LogP contribution >= 0.6 is 11.3 Å². The molecule has 1 aromatic carbocycles. The molecule has 2 aromatic rings. The molecule has 0 spiro atoms. The molecule has 1 heterocycles. The van der Waals surface area contributed by atoms with Crippen LogP contribution in [0.1, 0.15) is 29.2 Å². The van der Waals surface area contributed by atoms with Gasteiger partial charge in [0.15, 0.2) is 11.6 Å². The molecule has 0 radical (unpaired) electrons. The van der Waals surface area contributed by atoms with Crippen LogP contribution in [0.3, 0.4) is 0 Å². The van der Waals surface area contributed by atoms with Crippen molar-refractivity contribution in [1.29, 1.82) is 0 Å². The minimum atomic E-state index is -0.810. The number of aryl methyl sites for hydroxylation is 1. The van der Waals surface area contributed by atoms with Gasteiger partial charge < -0.3 is 5.32 Å². The van der Waals surface area contributed by atoms with Crippen LogP contribution in [-0.4, -0.2) is 11.5 Å². The number of nitrogens with zero attached hydrogens (tertiary/aromatic N) is 1. The zero-order valence-electron chi connectivity index (χ0n) is 10.9. The van der Waals surface area contributed by atoms with Crippen LogP contribution in [0.25, 0.3) is 0 Å². The number of thiazole rings is 1. The van der Waals surface area contributed by atoms with Gasteiger partial charge in [-0.1, -0.05) is 19.1 Å². The topological polar surface area (TPSA) is 24.9 Å². The lowest BCUT2D eigenvalue weighted by molar-refractivity contribution is 0.464. The lowest BCUT2D eigenvalue weighted by atomic mass is 10.0. The summed E-state index contributed by atoms with van der Waals surface area (Å²) in [7, 11) is 0. The van der Waals surface area contributed by atoms with E-state index >= 15 is 0 Å². The standard InChI is InChI=1S/C14H16F2N2S/c1-3-17-12(7-13-18-9(2)8-19-13)10-5-4-6-11(15)14(10)16/h4-6,8,12,17H,3,7H2,1-2H3. The maximum Gasteiger partial charge on any atom is 0.163 e. The lowest BCUT2D eigenvalue weighted by Gasteiger charge is -2.18. The van der Waals surface area contributed by atoms with Gasteiger partial charge in [-0.2, -0.15) is 0 Å². The van der Waals surface area contributed by atoms with Crippen molar-refractivity contribution in [2.24, 2.45) is 0 Å². The third kappa shape index (κ3) is 3.36. The molecule has 0 aliphatic rings. The van der Waals surface area contributed by atoms with Crippen LogP contribution in [0.4, 0.5) is 8.78 Å². The molecule has 0 amide bonds. The summed E-state index contributed by atoms with van der Waals surface area (Å²) in [5.41, 5.74) is 1.31. The number of halogens is 2. The Balaban J connectivity index is 2.26. The number of likely N-dealkylation sites (N-methyl/N-ethyl adjacent to an activating group) is 1. The van der Waals surface area contributed by atoms with Crippen molar-refractivity contribution in [1.82, 2.24) is 10.3 Å². The van der Waals surface area contributed by atoms with E-state index in [1.165, 1.54) is 6.07 Å². The Kier molecular flexibility index (Phi) is 4.61. The van der Waals surface area contributed by atoms with E-state index in [0.717, 1.165) is 16.8 Å². The molecule has 102 valence electrons. The molecule has 0 fully saturated rings.